The van der Waals surface area contributed by atoms with Crippen LogP contribution >= 0.6 is 12.0 Å². The van der Waals surface area contributed by atoms with Crippen molar-refractivity contribution in [3.63, 3.8) is 0 Å². The van der Waals surface area contributed by atoms with Gasteiger partial charge in [0.05, 0.1) is 6.61 Å². The molecule has 2 aromatic rings. The predicted molar refractivity (Wildman–Crippen MR) is 88.7 cm³/mol. The van der Waals surface area contributed by atoms with E-state index in [0.29, 0.717) is 11.3 Å². The van der Waals surface area contributed by atoms with Gasteiger partial charge in [0.2, 0.25) is 0 Å². The van der Waals surface area contributed by atoms with Crippen molar-refractivity contribution in [2.75, 3.05) is 12.4 Å². The van der Waals surface area contributed by atoms with Crippen LogP contribution in [0.3, 0.4) is 0 Å². The van der Waals surface area contributed by atoms with Crippen LogP contribution in [-0.4, -0.2) is 24.8 Å². The van der Waals surface area contributed by atoms with E-state index >= 15 is 0 Å². The van der Waals surface area contributed by atoms with E-state index in [2.05, 4.69) is 4.74 Å². The fourth-order valence-corrected chi connectivity index (χ4v) is 3.05. The lowest BCUT2D eigenvalue weighted by Gasteiger charge is -2.16. The van der Waals surface area contributed by atoms with Gasteiger partial charge in [-0.25, -0.2) is 8.78 Å². The van der Waals surface area contributed by atoms with Crippen molar-refractivity contribution in [3.8, 4) is 16.9 Å². The molecule has 1 aliphatic rings. The van der Waals surface area contributed by atoms with E-state index in [-0.39, 0.29) is 23.8 Å². The van der Waals surface area contributed by atoms with Crippen LogP contribution in [0.25, 0.3) is 11.1 Å². The molecule has 0 spiro atoms. The second kappa shape index (κ2) is 8.01. The number of halogens is 5. The Labute approximate surface area is 155 Å². The van der Waals surface area contributed by atoms with E-state index in [1.165, 1.54) is 12.1 Å². The highest BCUT2D eigenvalue weighted by molar-refractivity contribution is 7.94. The van der Waals surface area contributed by atoms with Gasteiger partial charge in [-0.3, -0.25) is 4.18 Å². The van der Waals surface area contributed by atoms with Crippen LogP contribution in [0.2, 0.25) is 0 Å². The first kappa shape index (κ1) is 19.9. The fourth-order valence-electron chi connectivity index (χ4n) is 2.42. The molecule has 1 heterocycles. The van der Waals surface area contributed by atoms with E-state index in [1.54, 1.807) is 0 Å². The van der Waals surface area contributed by atoms with Crippen LogP contribution in [0.5, 0.6) is 5.75 Å². The lowest BCUT2D eigenvalue weighted by atomic mass is 10.0. The van der Waals surface area contributed by atoms with E-state index in [1.807, 2.05) is 0 Å². The third-order valence-corrected chi connectivity index (χ3v) is 4.51. The smallest absolute Gasteiger partial charge is 0.403 e. The molecule has 146 valence electrons. The number of nitrogens with two attached hydrogens (primary N) is 1. The number of rotatable bonds is 3. The van der Waals surface area contributed by atoms with Crippen molar-refractivity contribution >= 4 is 12.0 Å². The minimum Gasteiger partial charge on any atom is -0.403 e. The van der Waals surface area contributed by atoms with Gasteiger partial charge < -0.3 is 15.2 Å². The van der Waals surface area contributed by atoms with E-state index in [0.717, 1.165) is 36.3 Å². The molecule has 2 aromatic carbocycles. The van der Waals surface area contributed by atoms with Gasteiger partial charge in [0, 0.05) is 22.9 Å². The van der Waals surface area contributed by atoms with Crippen molar-refractivity contribution in [3.05, 3.63) is 53.6 Å². The zero-order valence-electron chi connectivity index (χ0n) is 13.6. The fraction of sp³-hybridized carbons (Fsp3) is 0.294. The van der Waals surface area contributed by atoms with Crippen LogP contribution in [0.4, 0.5) is 22.0 Å². The molecule has 0 amide bonds. The number of hydrogen-bond acceptors (Lipinski definition) is 5. The molecule has 2 unspecified atom stereocenters. The number of hydrogen-bond donors (Lipinski definition) is 1. The third-order valence-electron chi connectivity index (χ3n) is 3.63. The molecular formula is C17H14F5NO3S. The van der Waals surface area contributed by atoms with Crippen LogP contribution in [0.15, 0.2) is 36.4 Å². The molecule has 0 aromatic heterocycles. The van der Waals surface area contributed by atoms with Crippen LogP contribution in [-0.2, 0) is 8.92 Å². The average Bonchev–Trinajstić information content (AvgIpc) is 2.80. The summed E-state index contributed by atoms with van der Waals surface area (Å²) in [7, 11) is 0. The Morgan fingerprint density at radius 2 is 1.85 bits per heavy atom. The van der Waals surface area contributed by atoms with Crippen molar-refractivity contribution in [2.45, 2.75) is 18.7 Å². The van der Waals surface area contributed by atoms with Crippen LogP contribution < -0.4 is 10.5 Å². The van der Waals surface area contributed by atoms with Gasteiger partial charge in [0.1, 0.15) is 5.82 Å². The van der Waals surface area contributed by atoms with Gasteiger partial charge in [0.15, 0.2) is 17.9 Å². The van der Waals surface area contributed by atoms with Gasteiger partial charge in [-0.2, -0.15) is 0 Å². The molecule has 10 heteroatoms. The number of benzene rings is 2. The second-order valence-corrected chi connectivity index (χ2v) is 6.50. The quantitative estimate of drug-likeness (QED) is 0.598. The molecule has 2 atom stereocenters. The second-order valence-electron chi connectivity index (χ2n) is 5.74. The van der Waals surface area contributed by atoms with E-state index in [4.69, 9.17) is 14.7 Å². The molecule has 0 radical (unpaired) electrons. The van der Waals surface area contributed by atoms with Crippen LogP contribution in [0.1, 0.15) is 11.9 Å². The van der Waals surface area contributed by atoms with Crippen molar-refractivity contribution in [1.29, 1.82) is 0 Å². The zero-order chi connectivity index (χ0) is 19.6. The number of alkyl halides is 3. The summed E-state index contributed by atoms with van der Waals surface area (Å²) in [6.07, 6.45) is -5.83. The number of ether oxygens (including phenoxy) is 2. The molecule has 1 fully saturated rings. The minimum atomic E-state index is -5.02. The standard InChI is InChI=1S/C17H14F5NO3S/c18-13-6-10(16-24-7-11(23)8-27-26-16)1-3-12(13)9-2-4-15(14(19)5-9)25-17(20,21)22/h1-6,11,16H,7-8,23H2. The zero-order valence-corrected chi connectivity index (χ0v) is 14.4. The lowest BCUT2D eigenvalue weighted by molar-refractivity contribution is -0.275. The van der Waals surface area contributed by atoms with Gasteiger partial charge in [-0.1, -0.05) is 18.2 Å². The van der Waals surface area contributed by atoms with Gasteiger partial charge >= 0.3 is 6.36 Å². The summed E-state index contributed by atoms with van der Waals surface area (Å²) in [5, 5.41) is 0. The Balaban J connectivity index is 1.82. The normalized spacial score (nSPS) is 21.0. The predicted octanol–water partition coefficient (Wildman–Crippen LogP) is 4.55. The summed E-state index contributed by atoms with van der Waals surface area (Å²) < 4.78 is 79.4. The van der Waals surface area contributed by atoms with Gasteiger partial charge in [-0.15, -0.1) is 13.2 Å². The molecule has 1 saturated heterocycles. The van der Waals surface area contributed by atoms with Gasteiger partial charge in [0.25, 0.3) is 0 Å². The highest BCUT2D eigenvalue weighted by Gasteiger charge is 2.32. The molecule has 0 bridgehead atoms. The van der Waals surface area contributed by atoms with Crippen LogP contribution in [0, 0.1) is 11.6 Å². The Morgan fingerprint density at radius 3 is 2.52 bits per heavy atom. The first-order valence-electron chi connectivity index (χ1n) is 7.73. The summed E-state index contributed by atoms with van der Waals surface area (Å²) in [5.41, 5.74) is 6.22. The molecule has 4 nitrogen and oxygen atoms in total. The Kier molecular flexibility index (Phi) is 5.89. The molecule has 0 saturated carbocycles. The first-order valence-corrected chi connectivity index (χ1v) is 8.64. The average molecular weight is 407 g/mol. The van der Waals surface area contributed by atoms with Crippen molar-refractivity contribution in [2.24, 2.45) is 5.73 Å². The molecule has 27 heavy (non-hydrogen) atoms. The van der Waals surface area contributed by atoms with E-state index < -0.39 is 30.0 Å². The Hall–Kier alpha value is -1.88. The summed E-state index contributed by atoms with van der Waals surface area (Å²) in [6, 6.07) is 6.55. The Bertz CT molecular complexity index is 818. The molecule has 1 aliphatic heterocycles. The Morgan fingerprint density at radius 1 is 1.07 bits per heavy atom. The molecule has 2 N–H and O–H groups in total. The lowest BCUT2D eigenvalue weighted by Crippen LogP contribution is -2.27. The maximum Gasteiger partial charge on any atom is 0.573 e. The molecular weight excluding hydrogens is 393 g/mol. The monoisotopic (exact) mass is 407 g/mol. The molecule has 3 rings (SSSR count). The summed E-state index contributed by atoms with van der Waals surface area (Å²) in [6.45, 7) is 0.243. The topological polar surface area (TPSA) is 53.7 Å². The van der Waals surface area contributed by atoms with Gasteiger partial charge in [-0.05, 0) is 35.8 Å². The highest BCUT2D eigenvalue weighted by Crippen LogP contribution is 2.33. The SMILES string of the molecule is NC1COC(c2ccc(-c3ccc(OC(F)(F)F)c(F)c3)c(F)c2)OSC1. The van der Waals surface area contributed by atoms with Crippen molar-refractivity contribution in [1.82, 2.24) is 0 Å². The highest BCUT2D eigenvalue weighted by atomic mass is 32.2. The minimum absolute atomic E-state index is 0.00850. The summed E-state index contributed by atoms with van der Waals surface area (Å²) >= 11 is 1.11. The summed E-state index contributed by atoms with van der Waals surface area (Å²) in [4.78, 5) is 0. The molecule has 0 aliphatic carbocycles. The van der Waals surface area contributed by atoms with Crippen molar-refractivity contribution < 1.29 is 35.6 Å². The van der Waals surface area contributed by atoms with E-state index in [9.17, 15) is 22.0 Å². The summed E-state index contributed by atoms with van der Waals surface area (Å²) in [5.74, 6) is -2.42. The maximum absolute atomic E-state index is 14.5. The maximum atomic E-state index is 14.5. The largest absolute Gasteiger partial charge is 0.573 e. The third kappa shape index (κ3) is 5.10. The first-order chi connectivity index (χ1) is 12.7.